The third kappa shape index (κ3) is 5.45. The van der Waals surface area contributed by atoms with Crippen LogP contribution < -0.4 is 10.6 Å². The summed E-state index contributed by atoms with van der Waals surface area (Å²) in [6.07, 6.45) is 5.35. The van der Waals surface area contributed by atoms with Crippen LogP contribution in [0.15, 0.2) is 103 Å². The number of benzene rings is 2. The van der Waals surface area contributed by atoms with Crippen LogP contribution in [0.3, 0.4) is 0 Å². The Morgan fingerprint density at radius 3 is 2.64 bits per heavy atom. The maximum Gasteiger partial charge on any atom is 0.322 e. The molecule has 2 atom stereocenters. The molecule has 0 spiro atoms. The van der Waals surface area contributed by atoms with Gasteiger partial charge in [-0.3, -0.25) is 19.5 Å². The van der Waals surface area contributed by atoms with Gasteiger partial charge in [-0.2, -0.15) is 0 Å². The molecule has 198 valence electrons. The molecule has 2 aromatic carbocycles. The highest BCUT2D eigenvalue weighted by molar-refractivity contribution is 6.03. The van der Waals surface area contributed by atoms with Crippen LogP contribution in [0.1, 0.15) is 28.3 Å². The van der Waals surface area contributed by atoms with Crippen molar-refractivity contribution in [2.24, 2.45) is 0 Å². The van der Waals surface area contributed by atoms with Gasteiger partial charge in [0.05, 0.1) is 23.9 Å². The van der Waals surface area contributed by atoms with Crippen molar-refractivity contribution >= 4 is 17.8 Å². The summed E-state index contributed by atoms with van der Waals surface area (Å²) in [5.74, 6) is -0.527. The fourth-order valence-electron chi connectivity index (χ4n) is 5.18. The van der Waals surface area contributed by atoms with Crippen LogP contribution in [0, 0.1) is 6.92 Å². The molecule has 0 saturated heterocycles. The Bertz CT molecular complexity index is 1420. The summed E-state index contributed by atoms with van der Waals surface area (Å²) < 4.78 is 0. The van der Waals surface area contributed by atoms with Gasteiger partial charge in [-0.15, -0.1) is 6.58 Å². The van der Waals surface area contributed by atoms with Gasteiger partial charge in [-0.05, 0) is 29.7 Å². The van der Waals surface area contributed by atoms with Crippen molar-refractivity contribution in [1.82, 2.24) is 25.4 Å². The first-order chi connectivity index (χ1) is 19.0. The topological polar surface area (TPSA) is 94.6 Å². The summed E-state index contributed by atoms with van der Waals surface area (Å²) >= 11 is 0. The molecular formula is C31H31N5O3. The Hall–Kier alpha value is -4.72. The Balaban J connectivity index is 1.49. The number of hydrogen-bond donors (Lipinski definition) is 2. The third-order valence-corrected chi connectivity index (χ3v) is 7.08. The normalized spacial score (nSPS) is 17.5. The first kappa shape index (κ1) is 25.9. The predicted molar refractivity (Wildman–Crippen MR) is 148 cm³/mol. The molecule has 39 heavy (non-hydrogen) atoms. The van der Waals surface area contributed by atoms with E-state index in [2.05, 4.69) is 22.2 Å². The fraction of sp³-hybridized carbons (Fsp3) is 0.226. The second-order valence-electron chi connectivity index (χ2n) is 9.77. The Labute approximate surface area is 228 Å². The highest BCUT2D eigenvalue weighted by Gasteiger charge is 2.46. The van der Waals surface area contributed by atoms with E-state index in [1.807, 2.05) is 73.7 Å². The van der Waals surface area contributed by atoms with E-state index in [0.717, 1.165) is 22.3 Å². The van der Waals surface area contributed by atoms with Crippen LogP contribution in [0.5, 0.6) is 0 Å². The lowest BCUT2D eigenvalue weighted by atomic mass is 9.94. The Morgan fingerprint density at radius 2 is 1.92 bits per heavy atom. The number of carbonyl (C=O) groups excluding carboxylic acids is 3. The smallest absolute Gasteiger partial charge is 0.322 e. The van der Waals surface area contributed by atoms with Gasteiger partial charge >= 0.3 is 6.03 Å². The van der Waals surface area contributed by atoms with Gasteiger partial charge in [-0.25, -0.2) is 4.79 Å². The standard InChI is InChI=1S/C31H31N5O3/c1-3-15-35-26-20-36(30(38)27(26)28(34-31(35)39)24-13-7-9-21(2)16-24)25(17-22-10-5-4-6-11-22)29(37)33-19-23-12-8-14-32-18-23/h3-14,16,18,25,28H,1,15,17,19-20H2,2H3,(H,33,37)(H,34,39). The minimum atomic E-state index is -0.777. The molecule has 2 N–H and O–H groups in total. The van der Waals surface area contributed by atoms with Gasteiger partial charge in [0, 0.05) is 31.9 Å². The number of urea groups is 1. The summed E-state index contributed by atoms with van der Waals surface area (Å²) in [6, 6.07) is 19.4. The van der Waals surface area contributed by atoms with Crippen molar-refractivity contribution in [1.29, 1.82) is 0 Å². The van der Waals surface area contributed by atoms with E-state index in [9.17, 15) is 14.4 Å². The van der Waals surface area contributed by atoms with Gasteiger partial charge in [0.2, 0.25) is 5.91 Å². The molecule has 0 radical (unpaired) electrons. The zero-order chi connectivity index (χ0) is 27.4. The third-order valence-electron chi connectivity index (χ3n) is 7.08. The first-order valence-corrected chi connectivity index (χ1v) is 13.0. The van der Waals surface area contributed by atoms with Crippen molar-refractivity contribution in [3.63, 3.8) is 0 Å². The quantitative estimate of drug-likeness (QED) is 0.420. The molecular weight excluding hydrogens is 490 g/mol. The molecule has 0 aliphatic carbocycles. The second kappa shape index (κ2) is 11.3. The maximum absolute atomic E-state index is 14.1. The van der Waals surface area contributed by atoms with Gasteiger partial charge in [0.1, 0.15) is 6.04 Å². The Kier molecular flexibility index (Phi) is 7.54. The molecule has 3 heterocycles. The molecule has 0 fully saturated rings. The molecule has 1 aromatic heterocycles. The lowest BCUT2D eigenvalue weighted by Gasteiger charge is -2.33. The van der Waals surface area contributed by atoms with Crippen LogP contribution in [0.4, 0.5) is 4.79 Å². The average Bonchev–Trinajstić information content (AvgIpc) is 3.29. The highest BCUT2D eigenvalue weighted by Crippen LogP contribution is 2.37. The van der Waals surface area contributed by atoms with E-state index in [1.165, 1.54) is 0 Å². The summed E-state index contributed by atoms with van der Waals surface area (Å²) in [5.41, 5.74) is 4.74. The van der Waals surface area contributed by atoms with Crippen molar-refractivity contribution in [3.8, 4) is 0 Å². The van der Waals surface area contributed by atoms with Crippen molar-refractivity contribution < 1.29 is 14.4 Å². The lowest BCUT2D eigenvalue weighted by Crippen LogP contribution is -2.49. The van der Waals surface area contributed by atoms with Crippen molar-refractivity contribution in [3.05, 3.63) is 125 Å². The number of rotatable bonds is 9. The first-order valence-electron chi connectivity index (χ1n) is 13.0. The van der Waals surface area contributed by atoms with E-state index in [-0.39, 0.29) is 30.9 Å². The minimum Gasteiger partial charge on any atom is -0.350 e. The zero-order valence-corrected chi connectivity index (χ0v) is 21.8. The number of nitrogens with one attached hydrogen (secondary N) is 2. The molecule has 2 unspecified atom stereocenters. The van der Waals surface area contributed by atoms with Crippen molar-refractivity contribution in [2.75, 3.05) is 13.1 Å². The predicted octanol–water partition coefficient (Wildman–Crippen LogP) is 3.67. The summed E-state index contributed by atoms with van der Waals surface area (Å²) in [7, 11) is 0. The SMILES string of the molecule is C=CCN1C(=O)NC(c2cccc(C)c2)C2=C1CN(C(Cc1ccccc1)C(=O)NCc1cccnc1)C2=O. The van der Waals surface area contributed by atoms with Crippen LogP contribution >= 0.6 is 0 Å². The molecule has 3 aromatic rings. The monoisotopic (exact) mass is 521 g/mol. The van der Waals surface area contributed by atoms with Crippen molar-refractivity contribution in [2.45, 2.75) is 32.0 Å². The average molecular weight is 522 g/mol. The minimum absolute atomic E-state index is 0.148. The molecule has 0 bridgehead atoms. The van der Waals surface area contributed by atoms with E-state index in [0.29, 0.717) is 24.2 Å². The van der Waals surface area contributed by atoms with Gasteiger partial charge < -0.3 is 15.5 Å². The van der Waals surface area contributed by atoms with E-state index in [1.54, 1.807) is 28.3 Å². The summed E-state index contributed by atoms with van der Waals surface area (Å²) in [6.45, 7) is 6.46. The largest absolute Gasteiger partial charge is 0.350 e. The number of nitrogens with zero attached hydrogens (tertiary/aromatic N) is 3. The summed E-state index contributed by atoms with van der Waals surface area (Å²) in [4.78, 5) is 48.2. The Morgan fingerprint density at radius 1 is 1.13 bits per heavy atom. The van der Waals surface area contributed by atoms with E-state index >= 15 is 0 Å². The van der Waals surface area contributed by atoms with E-state index < -0.39 is 12.1 Å². The number of aromatic nitrogens is 1. The molecule has 8 nitrogen and oxygen atoms in total. The van der Waals surface area contributed by atoms with Crippen LogP contribution in [-0.2, 0) is 22.6 Å². The summed E-state index contributed by atoms with van der Waals surface area (Å²) in [5, 5.41) is 6.00. The molecule has 0 saturated carbocycles. The molecule has 4 amide bonds. The van der Waals surface area contributed by atoms with Gasteiger partial charge in [0.15, 0.2) is 0 Å². The molecule has 2 aliphatic heterocycles. The highest BCUT2D eigenvalue weighted by atomic mass is 16.2. The zero-order valence-electron chi connectivity index (χ0n) is 21.8. The number of aryl methyl sites for hydroxylation is 1. The number of pyridine rings is 1. The fourth-order valence-corrected chi connectivity index (χ4v) is 5.18. The van der Waals surface area contributed by atoms with Gasteiger partial charge in [0.25, 0.3) is 5.91 Å². The number of amides is 4. The van der Waals surface area contributed by atoms with Gasteiger partial charge in [-0.1, -0.05) is 72.3 Å². The van der Waals surface area contributed by atoms with Crippen LogP contribution in [0.25, 0.3) is 0 Å². The van der Waals surface area contributed by atoms with Crippen LogP contribution in [0.2, 0.25) is 0 Å². The van der Waals surface area contributed by atoms with Crippen LogP contribution in [-0.4, -0.2) is 51.8 Å². The lowest BCUT2D eigenvalue weighted by molar-refractivity contribution is -0.136. The molecule has 2 aliphatic rings. The second-order valence-corrected chi connectivity index (χ2v) is 9.77. The maximum atomic E-state index is 14.1. The molecule has 5 rings (SSSR count). The van der Waals surface area contributed by atoms with E-state index in [4.69, 9.17) is 0 Å². The number of carbonyl (C=O) groups is 3. The number of hydrogen-bond acceptors (Lipinski definition) is 4. The molecule has 8 heteroatoms.